The Morgan fingerprint density at radius 3 is 2.41 bits per heavy atom. The van der Waals surface area contributed by atoms with E-state index in [1.54, 1.807) is 12.1 Å². The highest BCUT2D eigenvalue weighted by molar-refractivity contribution is 14.1. The van der Waals surface area contributed by atoms with Gasteiger partial charge in [-0.3, -0.25) is 0 Å². The van der Waals surface area contributed by atoms with Crippen LogP contribution in [0.25, 0.3) is 0 Å². The lowest BCUT2D eigenvalue weighted by molar-refractivity contribution is 0.412. The van der Waals surface area contributed by atoms with Crippen molar-refractivity contribution in [2.24, 2.45) is 0 Å². The molecule has 0 aromatic heterocycles. The molecule has 1 fully saturated rings. The number of benzene rings is 1. The van der Waals surface area contributed by atoms with E-state index in [9.17, 15) is 8.42 Å². The minimum atomic E-state index is -3.35. The Hall–Kier alpha value is -0.140. The van der Waals surface area contributed by atoms with E-state index < -0.39 is 10.0 Å². The molecular formula is C12H16INO2S. The van der Waals surface area contributed by atoms with Crippen LogP contribution in [0.15, 0.2) is 29.2 Å². The third-order valence-electron chi connectivity index (χ3n) is 3.05. The summed E-state index contributed by atoms with van der Waals surface area (Å²) in [6, 6.07) is 7.20. The van der Waals surface area contributed by atoms with Gasteiger partial charge >= 0.3 is 0 Å². The molecule has 1 aliphatic carbocycles. The number of hydrogen-bond donors (Lipinski definition) is 1. The molecule has 0 atom stereocenters. The Bertz CT molecular complexity index is 481. The van der Waals surface area contributed by atoms with Crippen molar-refractivity contribution in [1.82, 2.24) is 4.72 Å². The van der Waals surface area contributed by atoms with E-state index in [2.05, 4.69) is 27.3 Å². The molecule has 5 heteroatoms. The maximum atomic E-state index is 12.2. The van der Waals surface area contributed by atoms with Gasteiger partial charge in [0.1, 0.15) is 0 Å². The fourth-order valence-electron chi connectivity index (χ4n) is 2.17. The van der Waals surface area contributed by atoms with Crippen molar-refractivity contribution in [2.45, 2.75) is 43.0 Å². The average Bonchev–Trinajstić information content (AvgIpc) is 2.30. The molecule has 2 rings (SSSR count). The van der Waals surface area contributed by atoms with E-state index >= 15 is 0 Å². The van der Waals surface area contributed by atoms with Gasteiger partial charge in [0, 0.05) is 9.61 Å². The fraction of sp³-hybridized carbons (Fsp3) is 0.500. The molecule has 0 amide bonds. The Kier molecular flexibility index (Phi) is 4.43. The SMILES string of the molecule is O=S(=O)(NC1CCCCC1)c1ccccc1I. The van der Waals surface area contributed by atoms with Crippen LogP contribution in [0.1, 0.15) is 32.1 Å². The van der Waals surface area contributed by atoms with Crippen molar-refractivity contribution >= 4 is 32.6 Å². The topological polar surface area (TPSA) is 46.2 Å². The van der Waals surface area contributed by atoms with Crippen LogP contribution in [0, 0.1) is 3.57 Å². The predicted molar refractivity (Wildman–Crippen MR) is 76.4 cm³/mol. The molecule has 94 valence electrons. The summed E-state index contributed by atoms with van der Waals surface area (Å²) < 4.78 is 28.0. The van der Waals surface area contributed by atoms with Gasteiger partial charge in [-0.15, -0.1) is 0 Å². The highest BCUT2D eigenvalue weighted by atomic mass is 127. The molecule has 3 nitrogen and oxygen atoms in total. The van der Waals surface area contributed by atoms with E-state index in [4.69, 9.17) is 0 Å². The number of sulfonamides is 1. The maximum Gasteiger partial charge on any atom is 0.241 e. The average molecular weight is 365 g/mol. The summed E-state index contributed by atoms with van der Waals surface area (Å²) in [5.41, 5.74) is 0. The number of nitrogens with one attached hydrogen (secondary N) is 1. The summed E-state index contributed by atoms with van der Waals surface area (Å²) in [7, 11) is -3.35. The molecule has 1 aromatic carbocycles. The van der Waals surface area contributed by atoms with Crippen LogP contribution in [0.2, 0.25) is 0 Å². The molecule has 1 aromatic rings. The van der Waals surface area contributed by atoms with E-state index in [-0.39, 0.29) is 6.04 Å². The van der Waals surface area contributed by atoms with Crippen LogP contribution in [0.3, 0.4) is 0 Å². The minimum Gasteiger partial charge on any atom is -0.208 e. The van der Waals surface area contributed by atoms with Crippen molar-refractivity contribution in [3.05, 3.63) is 27.8 Å². The second kappa shape index (κ2) is 5.67. The van der Waals surface area contributed by atoms with E-state index in [0.29, 0.717) is 4.90 Å². The maximum absolute atomic E-state index is 12.2. The number of hydrogen-bond acceptors (Lipinski definition) is 2. The largest absolute Gasteiger partial charge is 0.241 e. The van der Waals surface area contributed by atoms with E-state index in [1.807, 2.05) is 12.1 Å². The normalized spacial score (nSPS) is 18.2. The lowest BCUT2D eigenvalue weighted by Gasteiger charge is -2.22. The van der Waals surface area contributed by atoms with Gasteiger partial charge in [0.15, 0.2) is 0 Å². The van der Waals surface area contributed by atoms with Gasteiger partial charge in [0.05, 0.1) is 4.90 Å². The first-order valence-electron chi connectivity index (χ1n) is 5.86. The minimum absolute atomic E-state index is 0.116. The second-order valence-corrected chi connectivity index (χ2v) is 7.23. The standard InChI is InChI=1S/C12H16INO2S/c13-11-8-4-5-9-12(11)17(15,16)14-10-6-2-1-3-7-10/h4-5,8-10,14H,1-3,6-7H2. The molecule has 0 saturated heterocycles. The Labute approximate surface area is 116 Å². The zero-order valence-corrected chi connectivity index (χ0v) is 12.5. The molecule has 0 aliphatic heterocycles. The predicted octanol–water partition coefficient (Wildman–Crippen LogP) is 2.90. The molecule has 0 bridgehead atoms. The van der Waals surface area contributed by atoms with Gasteiger partial charge in [-0.25, -0.2) is 13.1 Å². The third-order valence-corrected chi connectivity index (χ3v) is 5.94. The Morgan fingerprint density at radius 2 is 1.76 bits per heavy atom. The first-order valence-corrected chi connectivity index (χ1v) is 8.42. The van der Waals surface area contributed by atoms with Crippen molar-refractivity contribution in [3.63, 3.8) is 0 Å². The van der Waals surface area contributed by atoms with Crippen molar-refractivity contribution in [3.8, 4) is 0 Å². The van der Waals surface area contributed by atoms with Crippen LogP contribution < -0.4 is 4.72 Å². The summed E-state index contributed by atoms with van der Waals surface area (Å²) in [5, 5.41) is 0. The highest BCUT2D eigenvalue weighted by Gasteiger charge is 2.23. The molecule has 1 saturated carbocycles. The molecule has 0 spiro atoms. The van der Waals surface area contributed by atoms with Crippen LogP contribution in [-0.2, 0) is 10.0 Å². The zero-order valence-electron chi connectivity index (χ0n) is 9.52. The van der Waals surface area contributed by atoms with Gasteiger partial charge in [0.25, 0.3) is 0 Å². The highest BCUT2D eigenvalue weighted by Crippen LogP contribution is 2.22. The van der Waals surface area contributed by atoms with E-state index in [0.717, 1.165) is 29.3 Å². The number of halogens is 1. The van der Waals surface area contributed by atoms with Crippen LogP contribution in [0.5, 0.6) is 0 Å². The van der Waals surface area contributed by atoms with E-state index in [1.165, 1.54) is 6.42 Å². The van der Waals surface area contributed by atoms with Crippen molar-refractivity contribution < 1.29 is 8.42 Å². The molecule has 1 N–H and O–H groups in total. The summed E-state index contributed by atoms with van der Waals surface area (Å²) in [6.45, 7) is 0. The first kappa shape index (κ1) is 13.3. The molecule has 0 unspecified atom stereocenters. The summed E-state index contributed by atoms with van der Waals surface area (Å²) in [4.78, 5) is 0.395. The molecule has 1 aliphatic rings. The van der Waals surface area contributed by atoms with Gasteiger partial charge in [-0.05, 0) is 47.6 Å². The van der Waals surface area contributed by atoms with Crippen molar-refractivity contribution in [1.29, 1.82) is 0 Å². The fourth-order valence-corrected chi connectivity index (χ4v) is 4.81. The molecule has 0 heterocycles. The first-order chi connectivity index (χ1) is 8.09. The summed E-state index contributed by atoms with van der Waals surface area (Å²) in [5.74, 6) is 0. The molecule has 17 heavy (non-hydrogen) atoms. The monoisotopic (exact) mass is 365 g/mol. The Morgan fingerprint density at radius 1 is 1.12 bits per heavy atom. The van der Waals surface area contributed by atoms with Crippen LogP contribution in [0.4, 0.5) is 0 Å². The van der Waals surface area contributed by atoms with Gasteiger partial charge in [-0.1, -0.05) is 31.4 Å². The zero-order chi connectivity index (χ0) is 12.3. The Balaban J connectivity index is 2.16. The molecular weight excluding hydrogens is 349 g/mol. The van der Waals surface area contributed by atoms with Crippen LogP contribution in [-0.4, -0.2) is 14.5 Å². The molecule has 0 radical (unpaired) electrons. The van der Waals surface area contributed by atoms with Gasteiger partial charge < -0.3 is 0 Å². The second-order valence-electron chi connectivity index (χ2n) is 4.39. The number of rotatable bonds is 3. The summed E-state index contributed by atoms with van der Waals surface area (Å²) in [6.07, 6.45) is 5.39. The summed E-state index contributed by atoms with van der Waals surface area (Å²) >= 11 is 2.06. The smallest absolute Gasteiger partial charge is 0.208 e. The quantitative estimate of drug-likeness (QED) is 0.838. The van der Waals surface area contributed by atoms with Crippen LogP contribution >= 0.6 is 22.6 Å². The lowest BCUT2D eigenvalue weighted by atomic mass is 9.96. The lowest BCUT2D eigenvalue weighted by Crippen LogP contribution is -2.36. The van der Waals surface area contributed by atoms with Gasteiger partial charge in [0.2, 0.25) is 10.0 Å². The third kappa shape index (κ3) is 3.42. The van der Waals surface area contributed by atoms with Crippen molar-refractivity contribution in [2.75, 3.05) is 0 Å². The van der Waals surface area contributed by atoms with Gasteiger partial charge in [-0.2, -0.15) is 0 Å².